The van der Waals surface area contributed by atoms with Crippen molar-refractivity contribution in [3.05, 3.63) is 0 Å². The number of piperidine rings is 1. The van der Waals surface area contributed by atoms with Crippen molar-refractivity contribution in [1.29, 1.82) is 0 Å². The van der Waals surface area contributed by atoms with Crippen LogP contribution in [-0.2, 0) is 9.53 Å². The van der Waals surface area contributed by atoms with Gasteiger partial charge in [-0.1, -0.05) is 0 Å². The molecule has 3 N–H and O–H groups in total. The van der Waals surface area contributed by atoms with Crippen molar-refractivity contribution in [1.82, 2.24) is 10.2 Å². The molecule has 0 bridgehead atoms. The Kier molecular flexibility index (Phi) is 2.73. The number of aliphatic hydroxyl groups is 2. The molecule has 7 nitrogen and oxygen atoms in total. The first kappa shape index (κ1) is 11.2. The molecule has 90 valence electrons. The molecule has 2 heterocycles. The van der Waals surface area contributed by atoms with E-state index in [9.17, 15) is 19.8 Å². The first-order valence-electron chi connectivity index (χ1n) is 5.07. The van der Waals surface area contributed by atoms with Crippen molar-refractivity contribution < 1.29 is 24.5 Å². The number of nitrogens with one attached hydrogen (secondary N) is 1. The Labute approximate surface area is 92.0 Å². The maximum absolute atomic E-state index is 11.3. The van der Waals surface area contributed by atoms with Gasteiger partial charge < -0.3 is 20.3 Å². The van der Waals surface area contributed by atoms with Gasteiger partial charge in [-0.05, 0) is 0 Å². The second-order valence-electron chi connectivity index (χ2n) is 4.08. The van der Waals surface area contributed by atoms with Crippen LogP contribution < -0.4 is 5.32 Å². The molecule has 2 saturated heterocycles. The quantitative estimate of drug-likeness (QED) is 0.486. The van der Waals surface area contributed by atoms with E-state index < -0.39 is 30.4 Å². The fourth-order valence-corrected chi connectivity index (χ4v) is 2.14. The van der Waals surface area contributed by atoms with Crippen LogP contribution in [-0.4, -0.2) is 64.6 Å². The minimum Gasteiger partial charge on any atom is -0.447 e. The number of aliphatic hydroxyl groups excluding tert-OH is 2. The van der Waals surface area contributed by atoms with Crippen molar-refractivity contribution in [3.8, 4) is 0 Å². The van der Waals surface area contributed by atoms with Gasteiger partial charge in [0, 0.05) is 13.5 Å². The molecular weight excluding hydrogens is 216 g/mol. The third-order valence-electron chi connectivity index (χ3n) is 2.95. The number of nitrogens with zero attached hydrogens (tertiary/aromatic N) is 1. The second-order valence-corrected chi connectivity index (χ2v) is 4.08. The number of cyclic esters (lactones) is 1. The van der Waals surface area contributed by atoms with Gasteiger partial charge in [-0.2, -0.15) is 0 Å². The van der Waals surface area contributed by atoms with Crippen LogP contribution in [0, 0.1) is 0 Å². The van der Waals surface area contributed by atoms with E-state index in [4.69, 9.17) is 4.74 Å². The lowest BCUT2D eigenvalue weighted by Crippen LogP contribution is -2.64. The molecule has 0 aromatic heterocycles. The zero-order valence-corrected chi connectivity index (χ0v) is 8.79. The number of hydrogen-bond donors (Lipinski definition) is 3. The molecule has 0 radical (unpaired) electrons. The van der Waals surface area contributed by atoms with Gasteiger partial charge in [0.2, 0.25) is 5.91 Å². The highest BCUT2D eigenvalue weighted by atomic mass is 16.6. The average molecular weight is 230 g/mol. The summed E-state index contributed by atoms with van der Waals surface area (Å²) >= 11 is 0. The number of carbonyl (C=O) groups is 2. The highest BCUT2D eigenvalue weighted by molar-refractivity contribution is 5.74. The van der Waals surface area contributed by atoms with E-state index in [1.807, 2.05) is 0 Å². The minimum absolute atomic E-state index is 0.0733. The van der Waals surface area contributed by atoms with Crippen molar-refractivity contribution in [2.24, 2.45) is 0 Å². The zero-order chi connectivity index (χ0) is 11.9. The summed E-state index contributed by atoms with van der Waals surface area (Å²) in [6.07, 6.45) is -2.71. The van der Waals surface area contributed by atoms with Crippen LogP contribution in [0.25, 0.3) is 0 Å². The summed E-state index contributed by atoms with van der Waals surface area (Å²) in [6, 6.07) is -1.18. The van der Waals surface area contributed by atoms with Crippen molar-refractivity contribution in [2.75, 3.05) is 13.2 Å². The molecule has 0 unspecified atom stereocenters. The van der Waals surface area contributed by atoms with Gasteiger partial charge in [0.1, 0.15) is 18.8 Å². The molecule has 2 rings (SSSR count). The van der Waals surface area contributed by atoms with Crippen LogP contribution in [0.3, 0.4) is 0 Å². The van der Waals surface area contributed by atoms with Crippen LogP contribution in [0.2, 0.25) is 0 Å². The molecule has 0 spiro atoms. The molecule has 2 aliphatic rings. The Morgan fingerprint density at radius 2 is 2.19 bits per heavy atom. The lowest BCUT2D eigenvalue weighted by Gasteiger charge is -2.40. The summed E-state index contributed by atoms with van der Waals surface area (Å²) in [5, 5.41) is 22.0. The number of amides is 2. The van der Waals surface area contributed by atoms with Crippen LogP contribution >= 0.6 is 0 Å². The lowest BCUT2D eigenvalue weighted by molar-refractivity contribution is -0.124. The SMILES string of the molecule is CC(=O)N[C@H]1CN2C(=O)OC[C@@H]2[C@H](O)[C@@H]1O. The maximum atomic E-state index is 11.3. The molecule has 0 aromatic carbocycles. The molecule has 0 saturated carbocycles. The van der Waals surface area contributed by atoms with Gasteiger partial charge in [-0.3, -0.25) is 9.69 Å². The lowest BCUT2D eigenvalue weighted by atomic mass is 9.93. The Bertz CT molecular complexity index is 321. The number of hydrogen-bond acceptors (Lipinski definition) is 5. The molecule has 0 aliphatic carbocycles. The fourth-order valence-electron chi connectivity index (χ4n) is 2.14. The largest absolute Gasteiger partial charge is 0.447 e. The summed E-state index contributed by atoms with van der Waals surface area (Å²) in [5.74, 6) is -0.317. The van der Waals surface area contributed by atoms with Crippen LogP contribution in [0.4, 0.5) is 4.79 Å². The fraction of sp³-hybridized carbons (Fsp3) is 0.778. The Morgan fingerprint density at radius 3 is 2.81 bits per heavy atom. The molecule has 16 heavy (non-hydrogen) atoms. The third kappa shape index (κ3) is 1.72. The van der Waals surface area contributed by atoms with E-state index in [0.29, 0.717) is 0 Å². The number of rotatable bonds is 1. The maximum Gasteiger partial charge on any atom is 0.410 e. The molecule has 2 fully saturated rings. The van der Waals surface area contributed by atoms with E-state index in [0.717, 1.165) is 0 Å². The first-order chi connectivity index (χ1) is 7.50. The molecule has 2 amide bonds. The van der Waals surface area contributed by atoms with E-state index in [2.05, 4.69) is 5.32 Å². The number of fused-ring (bicyclic) bond motifs is 1. The molecule has 7 heteroatoms. The number of ether oxygens (including phenoxy) is 1. The van der Waals surface area contributed by atoms with Gasteiger partial charge in [-0.15, -0.1) is 0 Å². The van der Waals surface area contributed by atoms with Gasteiger partial charge in [0.15, 0.2) is 0 Å². The second kappa shape index (κ2) is 3.91. The molecule has 4 atom stereocenters. The van der Waals surface area contributed by atoms with Crippen molar-refractivity contribution in [3.63, 3.8) is 0 Å². The highest BCUT2D eigenvalue weighted by Crippen LogP contribution is 2.24. The van der Waals surface area contributed by atoms with E-state index in [1.165, 1.54) is 11.8 Å². The first-order valence-corrected chi connectivity index (χ1v) is 5.07. The van der Waals surface area contributed by atoms with E-state index in [-0.39, 0.29) is 19.1 Å². The predicted octanol–water partition coefficient (Wildman–Crippen LogP) is -1.95. The van der Waals surface area contributed by atoms with Gasteiger partial charge in [0.25, 0.3) is 0 Å². The summed E-state index contributed by atoms with van der Waals surface area (Å²) < 4.78 is 4.78. The van der Waals surface area contributed by atoms with E-state index >= 15 is 0 Å². The summed E-state index contributed by atoms with van der Waals surface area (Å²) in [4.78, 5) is 23.5. The highest BCUT2D eigenvalue weighted by Gasteiger charge is 2.48. The predicted molar refractivity (Wildman–Crippen MR) is 51.5 cm³/mol. The monoisotopic (exact) mass is 230 g/mol. The summed E-state index contributed by atoms with van der Waals surface area (Å²) in [7, 11) is 0. The van der Waals surface area contributed by atoms with E-state index in [1.54, 1.807) is 0 Å². The smallest absolute Gasteiger partial charge is 0.410 e. The van der Waals surface area contributed by atoms with Crippen molar-refractivity contribution >= 4 is 12.0 Å². The summed E-state index contributed by atoms with van der Waals surface area (Å²) in [6.45, 7) is 1.54. The standard InChI is InChI=1S/C9H14N2O5/c1-4(12)10-5-2-11-6(3-16-9(11)15)8(14)7(5)13/h5-8,13-14H,2-3H2,1H3,(H,10,12)/t5-,6+,7+,8-/m0/s1. The topological polar surface area (TPSA) is 99.1 Å². The van der Waals surface area contributed by atoms with Gasteiger partial charge in [0.05, 0.1) is 12.1 Å². The average Bonchev–Trinajstić information content (AvgIpc) is 2.56. The zero-order valence-electron chi connectivity index (χ0n) is 8.79. The Balaban J connectivity index is 2.13. The normalized spacial score (nSPS) is 37.9. The Hall–Kier alpha value is -1.34. The van der Waals surface area contributed by atoms with Gasteiger partial charge >= 0.3 is 6.09 Å². The molecule has 2 aliphatic heterocycles. The summed E-state index contributed by atoms with van der Waals surface area (Å²) in [5.41, 5.74) is 0. The Morgan fingerprint density at radius 1 is 1.50 bits per heavy atom. The van der Waals surface area contributed by atoms with Crippen LogP contribution in [0.15, 0.2) is 0 Å². The molecular formula is C9H14N2O5. The number of carbonyl (C=O) groups excluding carboxylic acids is 2. The van der Waals surface area contributed by atoms with Gasteiger partial charge in [-0.25, -0.2) is 4.79 Å². The van der Waals surface area contributed by atoms with Crippen LogP contribution in [0.5, 0.6) is 0 Å². The molecule has 0 aromatic rings. The van der Waals surface area contributed by atoms with Crippen molar-refractivity contribution in [2.45, 2.75) is 31.2 Å². The third-order valence-corrected chi connectivity index (χ3v) is 2.95. The van der Waals surface area contributed by atoms with Crippen LogP contribution in [0.1, 0.15) is 6.92 Å². The minimum atomic E-state index is -1.10.